The largest absolute Gasteiger partial charge is 0.488 e. The van der Waals surface area contributed by atoms with E-state index < -0.39 is 4.92 Å². The summed E-state index contributed by atoms with van der Waals surface area (Å²) in [6.45, 7) is 0.401. The number of nitrogens with one attached hydrogen (secondary N) is 1. The van der Waals surface area contributed by atoms with Crippen LogP contribution in [0.3, 0.4) is 0 Å². The molecule has 6 nitrogen and oxygen atoms in total. The van der Waals surface area contributed by atoms with Gasteiger partial charge in [-0.15, -0.1) is 0 Å². The number of hydrogen-bond donors (Lipinski definition) is 1. The fourth-order valence-corrected chi connectivity index (χ4v) is 2.26. The molecule has 1 heterocycles. The van der Waals surface area contributed by atoms with Crippen LogP contribution in [0.1, 0.15) is 5.56 Å². The molecule has 6 heteroatoms. The molecule has 1 aliphatic rings. The lowest BCUT2D eigenvalue weighted by Gasteiger charge is -2.15. The van der Waals surface area contributed by atoms with Crippen LogP contribution in [0.25, 0.3) is 6.08 Å². The van der Waals surface area contributed by atoms with Crippen molar-refractivity contribution in [1.29, 1.82) is 0 Å². The van der Waals surface area contributed by atoms with Gasteiger partial charge in [-0.1, -0.05) is 24.3 Å². The zero-order valence-corrected chi connectivity index (χ0v) is 12.6. The predicted octanol–water partition coefficient (Wildman–Crippen LogP) is 3.57. The van der Waals surface area contributed by atoms with E-state index in [4.69, 9.17) is 4.74 Å². The first-order valence-corrected chi connectivity index (χ1v) is 7.28. The highest BCUT2D eigenvalue weighted by Crippen LogP contribution is 2.26. The SMILES string of the molecule is O=C(/C=C/C1=Cc2ccccc2OC1)Nc1ccc([N+](=O)[O-])cc1. The fraction of sp³-hybridized carbons (Fsp3) is 0.0556. The van der Waals surface area contributed by atoms with Crippen LogP contribution in [0.2, 0.25) is 0 Å². The first kappa shape index (κ1) is 15.5. The minimum absolute atomic E-state index is 0.0216. The number of para-hydroxylation sites is 1. The van der Waals surface area contributed by atoms with Gasteiger partial charge in [0.2, 0.25) is 5.91 Å². The number of nitro groups is 1. The van der Waals surface area contributed by atoms with Gasteiger partial charge in [-0.3, -0.25) is 14.9 Å². The number of anilines is 1. The molecule has 0 aliphatic carbocycles. The molecule has 120 valence electrons. The lowest BCUT2D eigenvalue weighted by Crippen LogP contribution is -2.09. The minimum atomic E-state index is -0.487. The van der Waals surface area contributed by atoms with Crippen LogP contribution in [0.5, 0.6) is 5.75 Å². The van der Waals surface area contributed by atoms with Crippen LogP contribution in [-0.4, -0.2) is 17.4 Å². The standard InChI is InChI=1S/C18H14N2O4/c21-18(19-15-6-8-16(9-7-15)20(22)23)10-5-13-11-14-3-1-2-4-17(14)24-12-13/h1-11H,12H2,(H,19,21)/b10-5+. The van der Waals surface area contributed by atoms with Crippen LogP contribution in [0, 0.1) is 10.1 Å². The predicted molar refractivity (Wildman–Crippen MR) is 90.8 cm³/mol. The van der Waals surface area contributed by atoms with Gasteiger partial charge in [0.25, 0.3) is 5.69 Å². The molecule has 1 amide bonds. The third kappa shape index (κ3) is 3.67. The van der Waals surface area contributed by atoms with E-state index in [1.807, 2.05) is 30.3 Å². The van der Waals surface area contributed by atoms with E-state index in [9.17, 15) is 14.9 Å². The number of non-ortho nitro benzene ring substituents is 1. The number of ether oxygens (including phenoxy) is 1. The van der Waals surface area contributed by atoms with Gasteiger partial charge in [-0.05, 0) is 29.8 Å². The zero-order chi connectivity index (χ0) is 16.9. The van der Waals surface area contributed by atoms with E-state index in [0.29, 0.717) is 12.3 Å². The maximum atomic E-state index is 11.9. The van der Waals surface area contributed by atoms with Crippen molar-refractivity contribution in [1.82, 2.24) is 0 Å². The van der Waals surface area contributed by atoms with Crippen molar-refractivity contribution in [3.63, 3.8) is 0 Å². The molecule has 0 unspecified atom stereocenters. The summed E-state index contributed by atoms with van der Waals surface area (Å²) in [6, 6.07) is 13.3. The summed E-state index contributed by atoms with van der Waals surface area (Å²) in [5, 5.41) is 13.2. The maximum Gasteiger partial charge on any atom is 0.269 e. The molecule has 0 spiro atoms. The molecule has 0 radical (unpaired) electrons. The Morgan fingerprint density at radius 2 is 1.92 bits per heavy atom. The Balaban J connectivity index is 1.64. The molecule has 0 saturated carbocycles. The number of rotatable bonds is 4. The van der Waals surface area contributed by atoms with E-state index in [1.165, 1.54) is 30.3 Å². The summed E-state index contributed by atoms with van der Waals surface area (Å²) >= 11 is 0. The number of fused-ring (bicyclic) bond motifs is 1. The molecule has 3 rings (SSSR count). The molecule has 1 N–H and O–H groups in total. The monoisotopic (exact) mass is 322 g/mol. The Morgan fingerprint density at radius 3 is 2.67 bits per heavy atom. The number of carbonyl (C=O) groups excluding carboxylic acids is 1. The second-order valence-corrected chi connectivity index (χ2v) is 5.17. The first-order valence-electron chi connectivity index (χ1n) is 7.28. The molecular formula is C18H14N2O4. The Labute approximate surface area is 138 Å². The van der Waals surface area contributed by atoms with Gasteiger partial charge in [0.15, 0.2) is 0 Å². The van der Waals surface area contributed by atoms with Gasteiger partial charge in [-0.2, -0.15) is 0 Å². The normalized spacial score (nSPS) is 12.9. The summed E-state index contributed by atoms with van der Waals surface area (Å²) in [4.78, 5) is 22.0. The molecular weight excluding hydrogens is 308 g/mol. The van der Waals surface area contributed by atoms with E-state index in [0.717, 1.165) is 16.9 Å². The molecule has 1 aliphatic heterocycles. The van der Waals surface area contributed by atoms with Crippen LogP contribution >= 0.6 is 0 Å². The number of nitro benzene ring substituents is 1. The third-order valence-electron chi connectivity index (χ3n) is 3.45. The van der Waals surface area contributed by atoms with Crippen molar-refractivity contribution in [3.8, 4) is 5.75 Å². The Hall–Kier alpha value is -3.41. The van der Waals surface area contributed by atoms with Crippen LogP contribution in [-0.2, 0) is 4.79 Å². The van der Waals surface area contributed by atoms with Crippen LogP contribution in [0.15, 0.2) is 66.3 Å². The molecule has 0 bridgehead atoms. The summed E-state index contributed by atoms with van der Waals surface area (Å²) in [7, 11) is 0. The minimum Gasteiger partial charge on any atom is -0.488 e. The van der Waals surface area contributed by atoms with Crippen molar-refractivity contribution in [2.45, 2.75) is 0 Å². The number of carbonyl (C=O) groups is 1. The third-order valence-corrected chi connectivity index (χ3v) is 3.45. The second-order valence-electron chi connectivity index (χ2n) is 5.17. The molecule has 0 aromatic heterocycles. The van der Waals surface area contributed by atoms with E-state index in [1.54, 1.807) is 6.08 Å². The smallest absolute Gasteiger partial charge is 0.269 e. The van der Waals surface area contributed by atoms with Crippen molar-refractivity contribution >= 4 is 23.4 Å². The summed E-state index contributed by atoms with van der Waals surface area (Å²) < 4.78 is 5.61. The maximum absolute atomic E-state index is 11.9. The molecule has 0 fully saturated rings. The highest BCUT2D eigenvalue weighted by molar-refractivity contribution is 5.99. The highest BCUT2D eigenvalue weighted by Gasteiger charge is 2.09. The second kappa shape index (κ2) is 6.78. The average molecular weight is 322 g/mol. The lowest BCUT2D eigenvalue weighted by molar-refractivity contribution is -0.384. The number of nitrogens with zero attached hydrogens (tertiary/aromatic N) is 1. The van der Waals surface area contributed by atoms with E-state index in [-0.39, 0.29) is 11.6 Å². The zero-order valence-electron chi connectivity index (χ0n) is 12.6. The van der Waals surface area contributed by atoms with Gasteiger partial charge in [0.05, 0.1) is 4.92 Å². The number of hydrogen-bond acceptors (Lipinski definition) is 4. The quantitative estimate of drug-likeness (QED) is 0.530. The Morgan fingerprint density at radius 1 is 1.17 bits per heavy atom. The van der Waals surface area contributed by atoms with Crippen LogP contribution in [0.4, 0.5) is 11.4 Å². The molecule has 24 heavy (non-hydrogen) atoms. The van der Waals surface area contributed by atoms with Crippen molar-refractivity contribution < 1.29 is 14.5 Å². The molecule has 0 atom stereocenters. The highest BCUT2D eigenvalue weighted by atomic mass is 16.6. The number of benzene rings is 2. The molecule has 0 saturated heterocycles. The van der Waals surface area contributed by atoms with Crippen molar-refractivity contribution in [2.24, 2.45) is 0 Å². The van der Waals surface area contributed by atoms with E-state index >= 15 is 0 Å². The van der Waals surface area contributed by atoms with Gasteiger partial charge >= 0.3 is 0 Å². The number of amides is 1. The summed E-state index contributed by atoms with van der Waals surface area (Å²) in [5.74, 6) is 0.508. The topological polar surface area (TPSA) is 81.5 Å². The van der Waals surface area contributed by atoms with Crippen molar-refractivity contribution in [3.05, 3.63) is 81.9 Å². The fourth-order valence-electron chi connectivity index (χ4n) is 2.26. The summed E-state index contributed by atoms with van der Waals surface area (Å²) in [6.07, 6.45) is 5.07. The van der Waals surface area contributed by atoms with Gasteiger partial charge < -0.3 is 10.1 Å². The van der Waals surface area contributed by atoms with Crippen molar-refractivity contribution in [2.75, 3.05) is 11.9 Å². The van der Waals surface area contributed by atoms with Gasteiger partial charge in [0, 0.05) is 29.5 Å². The van der Waals surface area contributed by atoms with E-state index in [2.05, 4.69) is 5.32 Å². The average Bonchev–Trinajstić information content (AvgIpc) is 2.60. The van der Waals surface area contributed by atoms with Crippen LogP contribution < -0.4 is 10.1 Å². The molecule has 2 aromatic rings. The lowest BCUT2D eigenvalue weighted by atomic mass is 10.1. The van der Waals surface area contributed by atoms with Gasteiger partial charge in [-0.25, -0.2) is 0 Å². The molecule has 2 aromatic carbocycles. The van der Waals surface area contributed by atoms with Gasteiger partial charge in [0.1, 0.15) is 12.4 Å². The Kier molecular flexibility index (Phi) is 4.38. The Bertz CT molecular complexity index is 838. The first-order chi connectivity index (χ1) is 11.6. The summed E-state index contributed by atoms with van der Waals surface area (Å²) in [5.41, 5.74) is 2.33.